The molecule has 0 bridgehead atoms. The van der Waals surface area contributed by atoms with Crippen LogP contribution in [-0.2, 0) is 47.5 Å². The van der Waals surface area contributed by atoms with Gasteiger partial charge in [0.1, 0.15) is 23.9 Å². The van der Waals surface area contributed by atoms with Gasteiger partial charge in [0.05, 0.1) is 35.9 Å². The Balaban J connectivity index is 1.66. The van der Waals surface area contributed by atoms with Gasteiger partial charge in [-0.05, 0) is 65.0 Å². The third kappa shape index (κ3) is 7.45. The smallest absolute Gasteiger partial charge is 0.407 e. The van der Waals surface area contributed by atoms with E-state index in [1.165, 1.54) is 27.7 Å². The normalized spacial score (nSPS) is 37.9. The van der Waals surface area contributed by atoms with Gasteiger partial charge in [0.15, 0.2) is 24.1 Å². The number of hydrogen-bond acceptors (Lipinski definition) is 14. The second-order valence-electron chi connectivity index (χ2n) is 18.1. The number of hydrogen-bond donors (Lipinski definition) is 4. The lowest BCUT2D eigenvalue weighted by Crippen LogP contribution is -2.80. The van der Waals surface area contributed by atoms with E-state index in [4.69, 9.17) is 33.2 Å². The lowest BCUT2D eigenvalue weighted by Gasteiger charge is -2.67. The Morgan fingerprint density at radius 1 is 1.05 bits per heavy atom. The summed E-state index contributed by atoms with van der Waals surface area (Å²) < 4.78 is 43.1. The molecular formula is C40H61NO14. The van der Waals surface area contributed by atoms with Crippen LogP contribution in [-0.4, -0.2) is 118 Å². The van der Waals surface area contributed by atoms with Crippen molar-refractivity contribution in [3.63, 3.8) is 0 Å². The predicted octanol–water partition coefficient (Wildman–Crippen LogP) is 3.40. The zero-order valence-electron chi connectivity index (χ0n) is 34.0. The van der Waals surface area contributed by atoms with Gasteiger partial charge in [0, 0.05) is 44.4 Å². The molecule has 2 saturated carbocycles. The van der Waals surface area contributed by atoms with Crippen LogP contribution in [0.1, 0.15) is 102 Å². The Hall–Kier alpha value is -3.08. The molecule has 0 spiro atoms. The first-order chi connectivity index (χ1) is 25.3. The number of fused-ring (bicyclic) bond motifs is 3. The van der Waals surface area contributed by atoms with Crippen LogP contribution in [0.4, 0.5) is 4.79 Å². The fraction of sp³-hybridized carbons (Fsp3) is 0.800. The average Bonchev–Trinajstić information content (AvgIpc) is 3.29. The number of rotatable bonds is 11. The Labute approximate surface area is 323 Å². The van der Waals surface area contributed by atoms with Crippen molar-refractivity contribution >= 4 is 24.0 Å². The summed E-state index contributed by atoms with van der Waals surface area (Å²) in [5.74, 6) is -3.42. The number of aliphatic hydroxyl groups excluding tert-OH is 2. The van der Waals surface area contributed by atoms with Gasteiger partial charge in [-0.3, -0.25) is 9.59 Å². The van der Waals surface area contributed by atoms with E-state index in [2.05, 4.69) is 11.9 Å². The van der Waals surface area contributed by atoms with Gasteiger partial charge in [-0.1, -0.05) is 26.8 Å². The van der Waals surface area contributed by atoms with E-state index in [-0.39, 0.29) is 43.8 Å². The maximum Gasteiger partial charge on any atom is 0.407 e. The number of esters is 3. The van der Waals surface area contributed by atoms with Crippen molar-refractivity contribution < 1.29 is 67.7 Å². The third-order valence-corrected chi connectivity index (χ3v) is 12.3. The topological polar surface area (TPSA) is 206 Å². The molecule has 2 heterocycles. The highest BCUT2D eigenvalue weighted by Crippen LogP contribution is 2.69. The van der Waals surface area contributed by atoms with Gasteiger partial charge in [0.2, 0.25) is 0 Å². The van der Waals surface area contributed by atoms with E-state index in [0.717, 1.165) is 0 Å². The molecule has 0 aromatic carbocycles. The van der Waals surface area contributed by atoms with Crippen LogP contribution >= 0.6 is 0 Å². The molecule has 4 fully saturated rings. The van der Waals surface area contributed by atoms with Crippen LogP contribution in [0.3, 0.4) is 0 Å². The molecule has 1 amide bonds. The Morgan fingerprint density at radius 3 is 2.22 bits per heavy atom. The molecule has 3 aliphatic carbocycles. The summed E-state index contributed by atoms with van der Waals surface area (Å²) in [6.07, 6.45) is -7.67. The summed E-state index contributed by atoms with van der Waals surface area (Å²) in [5, 5.41) is 39.6. The van der Waals surface area contributed by atoms with Gasteiger partial charge in [-0.15, -0.1) is 6.58 Å². The van der Waals surface area contributed by atoms with Crippen molar-refractivity contribution in [3.8, 4) is 0 Å². The van der Waals surface area contributed by atoms with E-state index in [9.17, 15) is 34.5 Å². The minimum Gasteiger partial charge on any atom is -0.456 e. The summed E-state index contributed by atoms with van der Waals surface area (Å²) >= 11 is 0. The SMILES string of the molecule is C=CC[C@@H]1O[C@H]2C[C@H]3OC[C@@]3(OC(C)=O)[C@H]3[C@H](O)[C@]4(C(C)(C)O)C[C@H](OC(=O)[C@H](O)C(CC(C)C)NC(=O)OC(C)(C)C)C(C)=C4[C@H](OC(C)=O)[C@H](O1)[C@]23C. The standard InChI is InChI=1S/C40H61NO14/c1-13-14-27-52-25-16-26-40(18-49-26,54-22(6)43)31-32(45)39(37(10,11)48)17-24(20(4)28(39)30(50-21(5)42)33(53-27)38(25,31)12)51-34(46)29(44)23(15-19(2)3)41-35(47)55-36(7,8)9/h13,19,23-27,29-33,44-45,48H,1,14-18H2,2-12H3,(H,41,47)/t23?,24-,25-,26+,27+,29+,30-,31-,32-,33-,38+,39-,40-/m0/s1. The molecule has 15 nitrogen and oxygen atoms in total. The first-order valence-electron chi connectivity index (χ1n) is 19.2. The highest BCUT2D eigenvalue weighted by molar-refractivity contribution is 5.77. The minimum atomic E-state index is -1.83. The molecule has 4 N–H and O–H groups in total. The molecule has 5 aliphatic rings. The quantitative estimate of drug-likeness (QED) is 0.135. The second-order valence-corrected chi connectivity index (χ2v) is 18.1. The fourth-order valence-electron chi connectivity index (χ4n) is 10.1. The Kier molecular flexibility index (Phi) is 11.8. The van der Waals surface area contributed by atoms with Crippen LogP contribution < -0.4 is 5.32 Å². The molecule has 15 heteroatoms. The zero-order valence-corrected chi connectivity index (χ0v) is 34.0. The molecular weight excluding hydrogens is 718 g/mol. The molecule has 5 rings (SSSR count). The predicted molar refractivity (Wildman–Crippen MR) is 195 cm³/mol. The summed E-state index contributed by atoms with van der Waals surface area (Å²) in [4.78, 5) is 52.6. The molecule has 0 aromatic heterocycles. The van der Waals surface area contributed by atoms with E-state index < -0.39 is 113 Å². The molecule has 13 atom stereocenters. The maximum absolute atomic E-state index is 13.9. The number of amides is 1. The first-order valence-corrected chi connectivity index (χ1v) is 19.2. The molecule has 55 heavy (non-hydrogen) atoms. The lowest BCUT2D eigenvalue weighted by atomic mass is 9.49. The minimum absolute atomic E-state index is 0.0516. The number of nitrogens with one attached hydrogen (secondary N) is 1. The number of carbonyl (C=O) groups is 4. The molecule has 310 valence electrons. The monoisotopic (exact) mass is 779 g/mol. The van der Waals surface area contributed by atoms with E-state index in [1.807, 2.05) is 20.8 Å². The van der Waals surface area contributed by atoms with Crippen molar-refractivity contribution in [1.82, 2.24) is 5.32 Å². The number of ether oxygens (including phenoxy) is 7. The highest BCUT2D eigenvalue weighted by atomic mass is 16.7. The molecule has 2 aliphatic heterocycles. The summed E-state index contributed by atoms with van der Waals surface area (Å²) in [6, 6.07) is -1.08. The van der Waals surface area contributed by atoms with Crippen molar-refractivity contribution in [2.24, 2.45) is 22.7 Å². The van der Waals surface area contributed by atoms with Gasteiger partial charge in [-0.2, -0.15) is 0 Å². The van der Waals surface area contributed by atoms with Crippen LogP contribution in [0.25, 0.3) is 0 Å². The van der Waals surface area contributed by atoms with Crippen molar-refractivity contribution in [1.29, 1.82) is 0 Å². The van der Waals surface area contributed by atoms with Gasteiger partial charge >= 0.3 is 24.0 Å². The van der Waals surface area contributed by atoms with Gasteiger partial charge < -0.3 is 53.8 Å². The lowest BCUT2D eigenvalue weighted by molar-refractivity contribution is -0.398. The molecule has 1 unspecified atom stereocenters. The second kappa shape index (κ2) is 15.0. The van der Waals surface area contributed by atoms with Crippen LogP contribution in [0.15, 0.2) is 23.8 Å². The summed E-state index contributed by atoms with van der Waals surface area (Å²) in [7, 11) is 0. The fourth-order valence-corrected chi connectivity index (χ4v) is 10.1. The van der Waals surface area contributed by atoms with E-state index in [0.29, 0.717) is 5.57 Å². The van der Waals surface area contributed by atoms with Crippen LogP contribution in [0.2, 0.25) is 0 Å². The van der Waals surface area contributed by atoms with E-state index >= 15 is 0 Å². The first kappa shape index (κ1) is 43.1. The Morgan fingerprint density at radius 2 is 1.71 bits per heavy atom. The van der Waals surface area contributed by atoms with Crippen LogP contribution in [0.5, 0.6) is 0 Å². The highest BCUT2D eigenvalue weighted by Gasteiger charge is 2.80. The third-order valence-electron chi connectivity index (χ3n) is 12.3. The number of aliphatic hydroxyl groups is 3. The zero-order chi connectivity index (χ0) is 41.2. The molecule has 2 saturated heterocycles. The Bertz CT molecular complexity index is 1560. The summed E-state index contributed by atoms with van der Waals surface area (Å²) in [5.41, 5.74) is -6.32. The van der Waals surface area contributed by atoms with E-state index in [1.54, 1.807) is 33.8 Å². The van der Waals surface area contributed by atoms with Crippen molar-refractivity contribution in [2.45, 2.75) is 174 Å². The number of carbonyl (C=O) groups excluding carboxylic acids is 4. The van der Waals surface area contributed by atoms with Crippen LogP contribution in [0, 0.1) is 22.7 Å². The summed E-state index contributed by atoms with van der Waals surface area (Å²) in [6.45, 7) is 21.7. The van der Waals surface area contributed by atoms with Gasteiger partial charge in [-0.25, -0.2) is 9.59 Å². The largest absolute Gasteiger partial charge is 0.456 e. The van der Waals surface area contributed by atoms with Crippen molar-refractivity contribution in [2.75, 3.05) is 6.61 Å². The average molecular weight is 780 g/mol. The van der Waals surface area contributed by atoms with Gasteiger partial charge in [0.25, 0.3) is 0 Å². The molecule has 0 aromatic rings. The maximum atomic E-state index is 13.9. The number of alkyl carbamates (subject to hydrolysis) is 1. The molecule has 0 radical (unpaired) electrons. The van der Waals surface area contributed by atoms with Crippen molar-refractivity contribution in [3.05, 3.63) is 23.8 Å².